The maximum Gasteiger partial charge on any atom is 0.148 e. The SMILES string of the molecule is Cc1cc2c(c(N)n1)N(C)C(C)c1cccnc1-2. The molecule has 0 bridgehead atoms. The topological polar surface area (TPSA) is 55.0 Å². The van der Waals surface area contributed by atoms with Gasteiger partial charge < -0.3 is 10.6 Å². The van der Waals surface area contributed by atoms with Crippen molar-refractivity contribution in [1.29, 1.82) is 0 Å². The van der Waals surface area contributed by atoms with E-state index in [4.69, 9.17) is 5.73 Å². The van der Waals surface area contributed by atoms with Crippen molar-refractivity contribution in [3.05, 3.63) is 35.7 Å². The minimum Gasteiger partial charge on any atom is -0.382 e. The van der Waals surface area contributed by atoms with E-state index in [-0.39, 0.29) is 6.04 Å². The van der Waals surface area contributed by atoms with Gasteiger partial charge in [-0.05, 0) is 26.0 Å². The standard InChI is InChI=1S/C14H16N4/c1-8-7-11-12-10(5-4-6-16-12)9(2)18(3)13(11)14(15)17-8/h4-7,9H,1-3H3,(H2,15,17). The number of anilines is 2. The molecule has 1 unspecified atom stereocenters. The predicted molar refractivity (Wildman–Crippen MR) is 73.4 cm³/mol. The number of fused-ring (bicyclic) bond motifs is 3. The van der Waals surface area contributed by atoms with Crippen LogP contribution < -0.4 is 10.6 Å². The second-order valence-corrected chi connectivity index (χ2v) is 4.77. The number of nitrogen functional groups attached to an aromatic ring is 1. The molecule has 92 valence electrons. The molecule has 4 nitrogen and oxygen atoms in total. The van der Waals surface area contributed by atoms with Crippen molar-refractivity contribution < 1.29 is 0 Å². The van der Waals surface area contributed by atoms with Crippen LogP contribution in [0.5, 0.6) is 0 Å². The molecule has 1 aliphatic rings. The first-order chi connectivity index (χ1) is 8.59. The van der Waals surface area contributed by atoms with Crippen LogP contribution in [0, 0.1) is 6.92 Å². The Hall–Kier alpha value is -2.10. The highest BCUT2D eigenvalue weighted by Gasteiger charge is 2.28. The highest BCUT2D eigenvalue weighted by atomic mass is 15.2. The van der Waals surface area contributed by atoms with Gasteiger partial charge in [0.1, 0.15) is 5.82 Å². The Kier molecular flexibility index (Phi) is 2.26. The fourth-order valence-electron chi connectivity index (χ4n) is 2.62. The number of pyridine rings is 2. The molecule has 0 saturated carbocycles. The molecule has 2 aromatic heterocycles. The van der Waals surface area contributed by atoms with Gasteiger partial charge in [-0.1, -0.05) is 6.07 Å². The first-order valence-electron chi connectivity index (χ1n) is 6.05. The molecule has 4 heteroatoms. The molecule has 2 aromatic rings. The first kappa shape index (κ1) is 11.0. The van der Waals surface area contributed by atoms with E-state index in [1.54, 1.807) is 0 Å². The zero-order chi connectivity index (χ0) is 12.9. The van der Waals surface area contributed by atoms with Gasteiger partial charge in [-0.15, -0.1) is 0 Å². The van der Waals surface area contributed by atoms with Gasteiger partial charge in [0.05, 0.1) is 17.4 Å². The Bertz CT molecular complexity index is 621. The van der Waals surface area contributed by atoms with Gasteiger partial charge in [-0.3, -0.25) is 4.98 Å². The molecule has 2 N–H and O–H groups in total. The first-order valence-corrected chi connectivity index (χ1v) is 6.05. The third-order valence-electron chi connectivity index (χ3n) is 3.63. The maximum atomic E-state index is 6.07. The lowest BCUT2D eigenvalue weighted by Gasteiger charge is -2.35. The largest absolute Gasteiger partial charge is 0.382 e. The summed E-state index contributed by atoms with van der Waals surface area (Å²) in [5.74, 6) is 0.579. The lowest BCUT2D eigenvalue weighted by atomic mass is 9.93. The quantitative estimate of drug-likeness (QED) is 0.769. The smallest absolute Gasteiger partial charge is 0.148 e. The van der Waals surface area contributed by atoms with Gasteiger partial charge in [0.15, 0.2) is 0 Å². The number of hydrogen-bond acceptors (Lipinski definition) is 4. The van der Waals surface area contributed by atoms with Crippen LogP contribution in [0.1, 0.15) is 24.2 Å². The van der Waals surface area contributed by atoms with Crippen LogP contribution in [0.25, 0.3) is 11.3 Å². The van der Waals surface area contributed by atoms with Gasteiger partial charge in [0, 0.05) is 30.1 Å². The summed E-state index contributed by atoms with van der Waals surface area (Å²) in [6.45, 7) is 4.11. The van der Waals surface area contributed by atoms with Gasteiger partial charge in [0.2, 0.25) is 0 Å². The summed E-state index contributed by atoms with van der Waals surface area (Å²) in [5.41, 5.74) is 11.3. The van der Waals surface area contributed by atoms with E-state index in [2.05, 4.69) is 33.9 Å². The molecule has 0 amide bonds. The van der Waals surface area contributed by atoms with Crippen LogP contribution in [-0.2, 0) is 0 Å². The average Bonchev–Trinajstić information content (AvgIpc) is 2.35. The number of hydrogen-bond donors (Lipinski definition) is 1. The molecular weight excluding hydrogens is 224 g/mol. The van der Waals surface area contributed by atoms with E-state index in [0.29, 0.717) is 5.82 Å². The number of rotatable bonds is 0. The summed E-state index contributed by atoms with van der Waals surface area (Å²) < 4.78 is 0. The van der Waals surface area contributed by atoms with E-state index in [9.17, 15) is 0 Å². The molecule has 0 saturated heterocycles. The van der Waals surface area contributed by atoms with Crippen molar-refractivity contribution in [3.63, 3.8) is 0 Å². The van der Waals surface area contributed by atoms with Gasteiger partial charge in [-0.2, -0.15) is 0 Å². The molecule has 1 atom stereocenters. The molecule has 3 rings (SSSR count). The fourth-order valence-corrected chi connectivity index (χ4v) is 2.62. The lowest BCUT2D eigenvalue weighted by molar-refractivity contribution is 0.726. The van der Waals surface area contributed by atoms with Crippen molar-refractivity contribution in [3.8, 4) is 11.3 Å². The van der Waals surface area contributed by atoms with Gasteiger partial charge in [0.25, 0.3) is 0 Å². The van der Waals surface area contributed by atoms with Crippen molar-refractivity contribution in [2.75, 3.05) is 17.7 Å². The fraction of sp³-hybridized carbons (Fsp3) is 0.286. The molecule has 3 heterocycles. The van der Waals surface area contributed by atoms with Gasteiger partial charge >= 0.3 is 0 Å². The summed E-state index contributed by atoms with van der Waals surface area (Å²) in [7, 11) is 2.05. The average molecular weight is 240 g/mol. The Morgan fingerprint density at radius 2 is 2.17 bits per heavy atom. The summed E-state index contributed by atoms with van der Waals surface area (Å²) in [5, 5.41) is 0. The summed E-state index contributed by atoms with van der Waals surface area (Å²) in [6, 6.07) is 6.41. The number of nitrogens with zero attached hydrogens (tertiary/aromatic N) is 3. The summed E-state index contributed by atoms with van der Waals surface area (Å²) in [6.07, 6.45) is 1.83. The predicted octanol–water partition coefficient (Wildman–Crippen LogP) is 2.55. The molecule has 0 fully saturated rings. The third-order valence-corrected chi connectivity index (χ3v) is 3.63. The normalized spacial score (nSPS) is 17.3. The molecule has 0 aliphatic carbocycles. The molecule has 18 heavy (non-hydrogen) atoms. The molecule has 1 aliphatic heterocycles. The van der Waals surface area contributed by atoms with Crippen LogP contribution in [0.4, 0.5) is 11.5 Å². The Morgan fingerprint density at radius 3 is 2.94 bits per heavy atom. The maximum absolute atomic E-state index is 6.07. The monoisotopic (exact) mass is 240 g/mol. The summed E-state index contributed by atoms with van der Waals surface area (Å²) >= 11 is 0. The van der Waals surface area contributed by atoms with Crippen molar-refractivity contribution >= 4 is 11.5 Å². The zero-order valence-corrected chi connectivity index (χ0v) is 10.8. The van der Waals surface area contributed by atoms with Crippen LogP contribution in [-0.4, -0.2) is 17.0 Å². The van der Waals surface area contributed by atoms with Crippen molar-refractivity contribution in [1.82, 2.24) is 9.97 Å². The highest BCUT2D eigenvalue weighted by Crippen LogP contribution is 2.44. The van der Waals surface area contributed by atoms with Crippen LogP contribution in [0.3, 0.4) is 0 Å². The number of aryl methyl sites for hydroxylation is 1. The van der Waals surface area contributed by atoms with E-state index in [1.807, 2.05) is 26.2 Å². The Balaban J connectivity index is 2.37. The van der Waals surface area contributed by atoms with E-state index < -0.39 is 0 Å². The Labute approximate surface area is 106 Å². The van der Waals surface area contributed by atoms with Crippen molar-refractivity contribution in [2.45, 2.75) is 19.9 Å². The van der Waals surface area contributed by atoms with Crippen LogP contribution in [0.15, 0.2) is 24.4 Å². The molecule has 0 radical (unpaired) electrons. The second kappa shape index (κ2) is 3.70. The van der Waals surface area contributed by atoms with E-state index >= 15 is 0 Å². The van der Waals surface area contributed by atoms with Crippen LogP contribution in [0.2, 0.25) is 0 Å². The number of nitrogens with two attached hydrogens (primary N) is 1. The minimum atomic E-state index is 0.257. The van der Waals surface area contributed by atoms with Crippen molar-refractivity contribution in [2.24, 2.45) is 0 Å². The molecule has 0 spiro atoms. The highest BCUT2D eigenvalue weighted by molar-refractivity contribution is 5.88. The van der Waals surface area contributed by atoms with Crippen LogP contribution >= 0.6 is 0 Å². The van der Waals surface area contributed by atoms with Gasteiger partial charge in [-0.25, -0.2) is 4.98 Å². The summed E-state index contributed by atoms with van der Waals surface area (Å²) in [4.78, 5) is 11.0. The zero-order valence-electron chi connectivity index (χ0n) is 10.8. The Morgan fingerprint density at radius 1 is 1.39 bits per heavy atom. The molecular formula is C14H16N4. The molecule has 0 aromatic carbocycles. The minimum absolute atomic E-state index is 0.257. The van der Waals surface area contributed by atoms with E-state index in [0.717, 1.165) is 22.6 Å². The second-order valence-electron chi connectivity index (χ2n) is 4.77. The number of aromatic nitrogens is 2. The third kappa shape index (κ3) is 1.38. The van der Waals surface area contributed by atoms with E-state index in [1.165, 1.54) is 5.56 Å². The lowest BCUT2D eigenvalue weighted by Crippen LogP contribution is -2.28.